The Hall–Kier alpha value is -1.98. The molecule has 0 radical (unpaired) electrons. The van der Waals surface area contributed by atoms with E-state index in [0.29, 0.717) is 17.1 Å². The molecule has 0 aliphatic rings. The van der Waals surface area contributed by atoms with Crippen molar-refractivity contribution in [1.82, 2.24) is 5.32 Å². The first-order chi connectivity index (χ1) is 7.88. The van der Waals surface area contributed by atoms with E-state index in [0.717, 1.165) is 5.56 Å². The minimum Gasteiger partial charge on any atom is -0.466 e. The van der Waals surface area contributed by atoms with Crippen molar-refractivity contribution in [3.8, 4) is 0 Å². The summed E-state index contributed by atoms with van der Waals surface area (Å²) in [4.78, 5) is 12.0. The monoisotopic (exact) mass is 239 g/mol. The summed E-state index contributed by atoms with van der Waals surface area (Å²) in [6, 6.07) is -0.540. The molecule has 1 aromatic rings. The van der Waals surface area contributed by atoms with Gasteiger partial charge in [0.05, 0.1) is 11.6 Å². The van der Waals surface area contributed by atoms with Crippen LogP contribution in [-0.2, 0) is 0 Å². The zero-order valence-electron chi connectivity index (χ0n) is 10.4. The van der Waals surface area contributed by atoms with Crippen molar-refractivity contribution in [3.05, 3.63) is 22.6 Å². The molecule has 94 valence electrons. The number of oxime groups is 1. The Balaban J connectivity index is 2.91. The smallest absolute Gasteiger partial charge is 0.255 e. The summed E-state index contributed by atoms with van der Waals surface area (Å²) < 4.78 is 5.36. The quantitative estimate of drug-likeness (QED) is 0.318. The standard InChI is InChI=1S/C11H17N3O3/c1-5-7(3)17-8(4)9(5)11(15)13-6(2)10(12)14-16/h6,16H,1-4H3,(H2,12,14)(H,13,15). The summed E-state index contributed by atoms with van der Waals surface area (Å²) in [5.41, 5.74) is 6.68. The van der Waals surface area contributed by atoms with Crippen LogP contribution in [0.25, 0.3) is 0 Å². The number of amides is 1. The Morgan fingerprint density at radius 3 is 2.41 bits per heavy atom. The molecule has 0 fully saturated rings. The SMILES string of the molecule is Cc1oc(C)c(C(=O)NC(C)C(N)=NO)c1C. The highest BCUT2D eigenvalue weighted by atomic mass is 16.4. The molecule has 0 spiro atoms. The number of nitrogens with one attached hydrogen (secondary N) is 1. The van der Waals surface area contributed by atoms with Crippen LogP contribution in [0.4, 0.5) is 0 Å². The van der Waals surface area contributed by atoms with Gasteiger partial charge in [-0.3, -0.25) is 4.79 Å². The predicted molar refractivity (Wildman–Crippen MR) is 63.3 cm³/mol. The van der Waals surface area contributed by atoms with Gasteiger partial charge in [-0.15, -0.1) is 0 Å². The van der Waals surface area contributed by atoms with Crippen LogP contribution in [0.1, 0.15) is 34.4 Å². The van der Waals surface area contributed by atoms with E-state index >= 15 is 0 Å². The van der Waals surface area contributed by atoms with Gasteiger partial charge in [0.25, 0.3) is 5.91 Å². The van der Waals surface area contributed by atoms with Gasteiger partial charge in [0.1, 0.15) is 11.5 Å². The van der Waals surface area contributed by atoms with Crippen molar-refractivity contribution in [3.63, 3.8) is 0 Å². The summed E-state index contributed by atoms with van der Waals surface area (Å²) >= 11 is 0. The first-order valence-electron chi connectivity index (χ1n) is 5.23. The second-order valence-corrected chi connectivity index (χ2v) is 3.93. The lowest BCUT2D eigenvalue weighted by Crippen LogP contribution is -2.42. The van der Waals surface area contributed by atoms with E-state index < -0.39 is 6.04 Å². The number of amidine groups is 1. The molecule has 0 saturated heterocycles. The van der Waals surface area contributed by atoms with Crippen molar-refractivity contribution in [2.45, 2.75) is 33.7 Å². The number of aryl methyl sites for hydroxylation is 2. The number of furan rings is 1. The van der Waals surface area contributed by atoms with Crippen LogP contribution in [0.3, 0.4) is 0 Å². The van der Waals surface area contributed by atoms with Crippen molar-refractivity contribution in [2.24, 2.45) is 10.9 Å². The lowest BCUT2D eigenvalue weighted by Gasteiger charge is -2.12. The Morgan fingerprint density at radius 1 is 1.41 bits per heavy atom. The second kappa shape index (κ2) is 4.90. The Morgan fingerprint density at radius 2 is 2.00 bits per heavy atom. The van der Waals surface area contributed by atoms with Gasteiger partial charge in [-0.1, -0.05) is 5.16 Å². The van der Waals surface area contributed by atoms with E-state index in [1.165, 1.54) is 0 Å². The van der Waals surface area contributed by atoms with Crippen molar-refractivity contribution < 1.29 is 14.4 Å². The summed E-state index contributed by atoms with van der Waals surface area (Å²) in [6.45, 7) is 6.97. The van der Waals surface area contributed by atoms with Gasteiger partial charge in [0, 0.05) is 5.56 Å². The fraction of sp³-hybridized carbons (Fsp3) is 0.455. The van der Waals surface area contributed by atoms with Crippen LogP contribution in [0.15, 0.2) is 9.57 Å². The second-order valence-electron chi connectivity index (χ2n) is 3.93. The van der Waals surface area contributed by atoms with Crippen molar-refractivity contribution in [2.75, 3.05) is 0 Å². The number of rotatable bonds is 3. The highest BCUT2D eigenvalue weighted by molar-refractivity contribution is 6.00. The van der Waals surface area contributed by atoms with Gasteiger partial charge >= 0.3 is 0 Å². The van der Waals surface area contributed by atoms with Crippen LogP contribution >= 0.6 is 0 Å². The largest absolute Gasteiger partial charge is 0.466 e. The molecule has 1 aromatic heterocycles. The molecular formula is C11H17N3O3. The molecule has 6 nitrogen and oxygen atoms in total. The molecule has 0 saturated carbocycles. The average Bonchev–Trinajstić information content (AvgIpc) is 2.51. The maximum absolute atomic E-state index is 12.0. The van der Waals surface area contributed by atoms with Gasteiger partial charge in [0.2, 0.25) is 0 Å². The highest BCUT2D eigenvalue weighted by Crippen LogP contribution is 2.20. The van der Waals surface area contributed by atoms with Gasteiger partial charge in [0.15, 0.2) is 5.84 Å². The van der Waals surface area contributed by atoms with E-state index in [2.05, 4.69) is 10.5 Å². The van der Waals surface area contributed by atoms with E-state index in [1.54, 1.807) is 20.8 Å². The predicted octanol–water partition coefficient (Wildman–Crippen LogP) is 1.07. The van der Waals surface area contributed by atoms with Gasteiger partial charge in [-0.25, -0.2) is 0 Å². The average molecular weight is 239 g/mol. The number of nitrogens with zero attached hydrogens (tertiary/aromatic N) is 1. The molecule has 1 heterocycles. The molecule has 0 aliphatic heterocycles. The van der Waals surface area contributed by atoms with Crippen LogP contribution in [0, 0.1) is 20.8 Å². The molecule has 1 amide bonds. The maximum Gasteiger partial charge on any atom is 0.255 e. The molecule has 4 N–H and O–H groups in total. The number of hydrogen-bond donors (Lipinski definition) is 3. The minimum atomic E-state index is -0.540. The summed E-state index contributed by atoms with van der Waals surface area (Å²) in [6.07, 6.45) is 0. The summed E-state index contributed by atoms with van der Waals surface area (Å²) in [7, 11) is 0. The summed E-state index contributed by atoms with van der Waals surface area (Å²) in [5.74, 6) is 0.929. The fourth-order valence-electron chi connectivity index (χ4n) is 1.56. The van der Waals surface area contributed by atoms with Crippen LogP contribution in [0.2, 0.25) is 0 Å². The zero-order chi connectivity index (χ0) is 13.2. The van der Waals surface area contributed by atoms with E-state index in [1.807, 2.05) is 6.92 Å². The van der Waals surface area contributed by atoms with E-state index in [9.17, 15) is 4.79 Å². The molecule has 17 heavy (non-hydrogen) atoms. The van der Waals surface area contributed by atoms with Crippen LogP contribution < -0.4 is 11.1 Å². The number of hydrogen-bond acceptors (Lipinski definition) is 4. The maximum atomic E-state index is 12.0. The lowest BCUT2D eigenvalue weighted by atomic mass is 10.1. The molecule has 0 bridgehead atoms. The van der Waals surface area contributed by atoms with Crippen molar-refractivity contribution >= 4 is 11.7 Å². The normalized spacial score (nSPS) is 13.5. The topological polar surface area (TPSA) is 101 Å². The van der Waals surface area contributed by atoms with E-state index in [4.69, 9.17) is 15.4 Å². The Kier molecular flexibility index (Phi) is 3.77. The fourth-order valence-corrected chi connectivity index (χ4v) is 1.56. The zero-order valence-corrected chi connectivity index (χ0v) is 10.4. The molecule has 1 rings (SSSR count). The van der Waals surface area contributed by atoms with Crippen LogP contribution in [0.5, 0.6) is 0 Å². The Labute approximate surface area is 99.5 Å². The first-order valence-corrected chi connectivity index (χ1v) is 5.23. The highest BCUT2D eigenvalue weighted by Gasteiger charge is 2.20. The lowest BCUT2D eigenvalue weighted by molar-refractivity contribution is 0.0946. The third-order valence-corrected chi connectivity index (χ3v) is 2.70. The number of nitrogens with two attached hydrogens (primary N) is 1. The molecular weight excluding hydrogens is 222 g/mol. The third-order valence-electron chi connectivity index (χ3n) is 2.70. The Bertz CT molecular complexity index is 463. The van der Waals surface area contributed by atoms with Gasteiger partial charge in [-0.05, 0) is 27.7 Å². The van der Waals surface area contributed by atoms with E-state index in [-0.39, 0.29) is 11.7 Å². The van der Waals surface area contributed by atoms with Gasteiger partial charge in [-0.2, -0.15) is 0 Å². The van der Waals surface area contributed by atoms with Gasteiger partial charge < -0.3 is 20.7 Å². The first kappa shape index (κ1) is 13.1. The molecule has 1 unspecified atom stereocenters. The number of carbonyl (C=O) groups excluding carboxylic acids is 1. The van der Waals surface area contributed by atoms with Crippen LogP contribution in [-0.4, -0.2) is 23.0 Å². The molecule has 6 heteroatoms. The van der Waals surface area contributed by atoms with Crippen molar-refractivity contribution in [1.29, 1.82) is 0 Å². The summed E-state index contributed by atoms with van der Waals surface area (Å²) in [5, 5.41) is 14.0. The number of carbonyl (C=O) groups is 1. The molecule has 1 atom stereocenters. The third kappa shape index (κ3) is 2.58. The molecule has 0 aromatic carbocycles. The minimum absolute atomic E-state index is 0.0473. The molecule has 0 aliphatic carbocycles.